The van der Waals surface area contributed by atoms with Crippen molar-refractivity contribution in [1.29, 1.82) is 0 Å². The van der Waals surface area contributed by atoms with E-state index in [1.165, 1.54) is 16.3 Å². The Morgan fingerprint density at radius 1 is 0.923 bits per heavy atom. The largest absolute Gasteiger partial charge is 0.511 e. The van der Waals surface area contributed by atoms with E-state index in [1.807, 2.05) is 12.3 Å². The number of carbonyl (C=O) groups excluding carboxylic acids is 1. The van der Waals surface area contributed by atoms with Crippen LogP contribution in [0.2, 0.25) is 0 Å². The molecule has 211 valence electrons. The second-order valence-electron chi connectivity index (χ2n) is 11.5. The quantitative estimate of drug-likeness (QED) is 0.270. The third-order valence-electron chi connectivity index (χ3n) is 9.62. The summed E-state index contributed by atoms with van der Waals surface area (Å²) in [5.74, 6) is 1.04. The van der Waals surface area contributed by atoms with E-state index < -0.39 is 0 Å². The molecule has 0 bridgehead atoms. The average Bonchev–Trinajstić information content (AvgIpc) is 2.93. The first-order chi connectivity index (χ1) is 18.2. The number of aliphatic hydroxyl groups excluding tert-OH is 1. The molecular formula is C35H44IrNO2-. The fraction of sp³-hybridized carbons (Fsp3) is 0.486. The number of aryl methyl sites for hydroxylation is 2. The van der Waals surface area contributed by atoms with Gasteiger partial charge in [-0.2, -0.15) is 0 Å². The third kappa shape index (κ3) is 5.93. The first-order valence-electron chi connectivity index (χ1n) is 14.6. The molecule has 1 aromatic heterocycles. The molecule has 2 aromatic carbocycles. The summed E-state index contributed by atoms with van der Waals surface area (Å²) in [7, 11) is 0. The number of Topliss-reactive ketones (excluding diaryl/α,β-unsaturated/α-hetero) is 1. The van der Waals surface area contributed by atoms with E-state index in [0.29, 0.717) is 11.7 Å². The third-order valence-corrected chi connectivity index (χ3v) is 9.62. The van der Waals surface area contributed by atoms with Gasteiger partial charge in [0.05, 0.1) is 0 Å². The molecular weight excluding hydrogens is 659 g/mol. The summed E-state index contributed by atoms with van der Waals surface area (Å²) in [4.78, 5) is 17.6. The maximum Gasteiger partial charge on any atom is 0.168 e. The number of hydrogen-bond donors (Lipinski definition) is 1. The molecule has 2 aliphatic carbocycles. The van der Waals surface area contributed by atoms with Gasteiger partial charge in [0.15, 0.2) is 5.78 Å². The van der Waals surface area contributed by atoms with E-state index in [9.17, 15) is 9.90 Å². The van der Waals surface area contributed by atoms with Crippen LogP contribution < -0.4 is 0 Å². The van der Waals surface area contributed by atoms with Crippen LogP contribution >= 0.6 is 0 Å². The van der Waals surface area contributed by atoms with E-state index in [2.05, 4.69) is 89.0 Å². The molecule has 0 saturated heterocycles. The summed E-state index contributed by atoms with van der Waals surface area (Å²) in [5.41, 5.74) is 4.96. The Labute approximate surface area is 248 Å². The van der Waals surface area contributed by atoms with Gasteiger partial charge in [0, 0.05) is 42.7 Å². The number of pyridine rings is 1. The average molecular weight is 703 g/mol. The second kappa shape index (κ2) is 12.9. The van der Waals surface area contributed by atoms with Crippen molar-refractivity contribution in [1.82, 2.24) is 4.98 Å². The predicted molar refractivity (Wildman–Crippen MR) is 158 cm³/mol. The Balaban J connectivity index is 0.000000211. The SMILES string of the molecule is CCC1(CC)CCC2CCC(CC)(CC)C(O)=C2C1=O.Cc1[c-]c(-c2nccc3ccccc23)cc(C)c1.[Ir]. The van der Waals surface area contributed by atoms with E-state index in [1.54, 1.807) is 0 Å². The number of aliphatic hydroxyl groups is 1. The predicted octanol–water partition coefficient (Wildman–Crippen LogP) is 9.50. The Kier molecular flexibility index (Phi) is 10.3. The summed E-state index contributed by atoms with van der Waals surface area (Å²) in [6.45, 7) is 12.7. The monoisotopic (exact) mass is 703 g/mol. The molecule has 3 nitrogen and oxygen atoms in total. The Hall–Kier alpha value is -2.29. The van der Waals surface area contributed by atoms with Gasteiger partial charge in [0.25, 0.3) is 0 Å². The molecule has 1 radical (unpaired) electrons. The van der Waals surface area contributed by atoms with Crippen LogP contribution in [0.4, 0.5) is 0 Å². The molecule has 1 N–H and O–H groups in total. The topological polar surface area (TPSA) is 50.2 Å². The van der Waals surface area contributed by atoms with Crippen LogP contribution in [-0.2, 0) is 24.9 Å². The van der Waals surface area contributed by atoms with Gasteiger partial charge in [-0.15, -0.1) is 34.9 Å². The number of allylic oxidation sites excluding steroid dienone is 2. The van der Waals surface area contributed by atoms with Gasteiger partial charge in [-0.3, -0.25) is 4.79 Å². The maximum atomic E-state index is 13.1. The summed E-state index contributed by atoms with van der Waals surface area (Å²) in [5, 5.41) is 13.3. The van der Waals surface area contributed by atoms with Crippen molar-refractivity contribution < 1.29 is 30.0 Å². The van der Waals surface area contributed by atoms with Gasteiger partial charge in [-0.1, -0.05) is 65.8 Å². The number of nitrogens with zero attached hydrogens (tertiary/aromatic N) is 1. The number of aromatic nitrogens is 1. The minimum Gasteiger partial charge on any atom is -0.511 e. The molecule has 1 saturated carbocycles. The number of hydrogen-bond acceptors (Lipinski definition) is 3. The summed E-state index contributed by atoms with van der Waals surface area (Å²) >= 11 is 0. The normalized spacial score (nSPS) is 19.5. The zero-order chi connectivity index (χ0) is 27.5. The van der Waals surface area contributed by atoms with Crippen LogP contribution in [-0.4, -0.2) is 15.9 Å². The number of ketones is 1. The number of rotatable bonds is 5. The molecule has 0 amide bonds. The summed E-state index contributed by atoms with van der Waals surface area (Å²) in [6, 6.07) is 18.0. The van der Waals surface area contributed by atoms with Gasteiger partial charge in [0.2, 0.25) is 0 Å². The van der Waals surface area contributed by atoms with E-state index >= 15 is 0 Å². The van der Waals surface area contributed by atoms with Crippen LogP contribution in [0.3, 0.4) is 0 Å². The van der Waals surface area contributed by atoms with Gasteiger partial charge >= 0.3 is 0 Å². The van der Waals surface area contributed by atoms with Crippen LogP contribution in [0.5, 0.6) is 0 Å². The molecule has 1 fully saturated rings. The van der Waals surface area contributed by atoms with Gasteiger partial charge in [-0.05, 0) is 79.8 Å². The smallest absolute Gasteiger partial charge is 0.168 e. The van der Waals surface area contributed by atoms with Gasteiger partial charge in [-0.25, -0.2) is 0 Å². The molecule has 1 heterocycles. The molecule has 4 heteroatoms. The molecule has 2 aliphatic rings. The number of benzene rings is 2. The molecule has 1 unspecified atom stereocenters. The molecule has 3 aromatic rings. The number of carbonyl (C=O) groups is 1. The molecule has 39 heavy (non-hydrogen) atoms. The maximum absolute atomic E-state index is 13.1. The van der Waals surface area contributed by atoms with Gasteiger partial charge < -0.3 is 10.1 Å². The van der Waals surface area contributed by atoms with Crippen molar-refractivity contribution in [2.75, 3.05) is 0 Å². The van der Waals surface area contributed by atoms with Crippen molar-refractivity contribution in [2.45, 2.75) is 92.9 Å². The molecule has 1 atom stereocenters. The summed E-state index contributed by atoms with van der Waals surface area (Å²) in [6.07, 6.45) is 9.74. The van der Waals surface area contributed by atoms with E-state index in [-0.39, 0.29) is 36.7 Å². The van der Waals surface area contributed by atoms with Crippen LogP contribution in [0, 0.1) is 36.7 Å². The Bertz CT molecular complexity index is 1310. The van der Waals surface area contributed by atoms with E-state index in [4.69, 9.17) is 0 Å². The van der Waals surface area contributed by atoms with E-state index in [0.717, 1.165) is 73.8 Å². The van der Waals surface area contributed by atoms with Crippen LogP contribution in [0.1, 0.15) is 90.2 Å². The Morgan fingerprint density at radius 3 is 2.15 bits per heavy atom. The minimum atomic E-state index is -0.204. The summed E-state index contributed by atoms with van der Waals surface area (Å²) < 4.78 is 0. The zero-order valence-corrected chi connectivity index (χ0v) is 26.9. The van der Waals surface area contributed by atoms with Crippen LogP contribution in [0.25, 0.3) is 22.0 Å². The first kappa shape index (κ1) is 31.2. The number of fused-ring (bicyclic) bond motifs is 2. The first-order valence-corrected chi connectivity index (χ1v) is 14.6. The van der Waals surface area contributed by atoms with Crippen molar-refractivity contribution >= 4 is 16.6 Å². The van der Waals surface area contributed by atoms with Gasteiger partial charge in [0.1, 0.15) is 5.76 Å². The van der Waals surface area contributed by atoms with Crippen molar-refractivity contribution in [3.05, 3.63) is 77.2 Å². The standard InChI is InChI=1S/C18H30O2.C17H14N.Ir/c1-5-17(6-2)11-9-13-10-12-18(7-3,8-4)16(20)14(13)15(17)19;1-12-9-13(2)11-15(10-12)17-16-6-4-3-5-14(16)7-8-18-17;/h13,19H,5-12H2,1-4H3;3-10H,1-2H3;/q;-1;. The van der Waals surface area contributed by atoms with Crippen molar-refractivity contribution in [3.63, 3.8) is 0 Å². The van der Waals surface area contributed by atoms with Crippen molar-refractivity contribution in [3.8, 4) is 11.3 Å². The fourth-order valence-corrected chi connectivity index (χ4v) is 6.84. The Morgan fingerprint density at radius 2 is 1.54 bits per heavy atom. The zero-order valence-electron chi connectivity index (χ0n) is 24.5. The fourth-order valence-electron chi connectivity index (χ4n) is 6.84. The minimum absolute atomic E-state index is 0. The molecule has 5 rings (SSSR count). The molecule has 0 spiro atoms. The molecule has 0 aliphatic heterocycles. The van der Waals surface area contributed by atoms with Crippen LogP contribution in [0.15, 0.2) is 60.0 Å². The van der Waals surface area contributed by atoms with Crippen molar-refractivity contribution in [2.24, 2.45) is 16.7 Å². The second-order valence-corrected chi connectivity index (χ2v) is 11.5.